The Bertz CT molecular complexity index is 535. The Morgan fingerprint density at radius 1 is 1.44 bits per heavy atom. The van der Waals surface area contributed by atoms with Crippen LogP contribution in [0.25, 0.3) is 0 Å². The maximum absolute atomic E-state index is 13.2. The monoisotopic (exact) mass is 250 g/mol. The molecule has 6 heteroatoms. The SMILES string of the molecule is CC(C)C(C#N)C(=O)c1cc(F)cc([N+](=O)[O-])c1. The van der Waals surface area contributed by atoms with Gasteiger partial charge in [0, 0.05) is 11.6 Å². The van der Waals surface area contributed by atoms with Crippen LogP contribution in [0.5, 0.6) is 0 Å². The Balaban J connectivity index is 3.22. The summed E-state index contributed by atoms with van der Waals surface area (Å²) in [7, 11) is 0. The van der Waals surface area contributed by atoms with E-state index in [9.17, 15) is 19.3 Å². The Hall–Kier alpha value is -2.29. The lowest BCUT2D eigenvalue weighted by Gasteiger charge is -2.11. The number of nitro benzene ring substituents is 1. The Labute approximate surface area is 103 Å². The van der Waals surface area contributed by atoms with Gasteiger partial charge in [0.2, 0.25) is 0 Å². The van der Waals surface area contributed by atoms with Crippen molar-refractivity contribution in [2.75, 3.05) is 0 Å². The topological polar surface area (TPSA) is 84.0 Å². The number of carbonyl (C=O) groups excluding carboxylic acids is 1. The van der Waals surface area contributed by atoms with Gasteiger partial charge in [-0.3, -0.25) is 14.9 Å². The van der Waals surface area contributed by atoms with E-state index >= 15 is 0 Å². The number of hydrogen-bond donors (Lipinski definition) is 0. The largest absolute Gasteiger partial charge is 0.293 e. The molecule has 1 aromatic carbocycles. The van der Waals surface area contributed by atoms with Crippen LogP contribution in [0.3, 0.4) is 0 Å². The highest BCUT2D eigenvalue weighted by molar-refractivity contribution is 6.00. The second kappa shape index (κ2) is 5.36. The number of benzene rings is 1. The number of nitrogens with zero attached hydrogens (tertiary/aromatic N) is 2. The van der Waals surface area contributed by atoms with Gasteiger partial charge in [-0.05, 0) is 12.0 Å². The summed E-state index contributed by atoms with van der Waals surface area (Å²) in [6.45, 7) is 3.36. The minimum absolute atomic E-state index is 0.151. The van der Waals surface area contributed by atoms with Gasteiger partial charge < -0.3 is 0 Å². The van der Waals surface area contributed by atoms with Crippen molar-refractivity contribution in [1.29, 1.82) is 5.26 Å². The fourth-order valence-corrected chi connectivity index (χ4v) is 1.51. The molecular formula is C12H11FN2O3. The fourth-order valence-electron chi connectivity index (χ4n) is 1.51. The minimum Gasteiger partial charge on any atom is -0.293 e. The first-order valence-electron chi connectivity index (χ1n) is 5.25. The molecule has 18 heavy (non-hydrogen) atoms. The van der Waals surface area contributed by atoms with Crippen LogP contribution in [0.1, 0.15) is 24.2 Å². The van der Waals surface area contributed by atoms with Crippen LogP contribution < -0.4 is 0 Å². The van der Waals surface area contributed by atoms with Crippen LogP contribution in [0.4, 0.5) is 10.1 Å². The maximum Gasteiger partial charge on any atom is 0.273 e. The van der Waals surface area contributed by atoms with Crippen LogP contribution in [0.15, 0.2) is 18.2 Å². The van der Waals surface area contributed by atoms with E-state index in [1.807, 2.05) is 6.07 Å². The number of Topliss-reactive ketones (excluding diaryl/α,β-unsaturated/α-hetero) is 1. The van der Waals surface area contributed by atoms with Gasteiger partial charge in [0.25, 0.3) is 5.69 Å². The van der Waals surface area contributed by atoms with Crippen LogP contribution in [-0.4, -0.2) is 10.7 Å². The first-order valence-corrected chi connectivity index (χ1v) is 5.25. The predicted molar refractivity (Wildman–Crippen MR) is 61.3 cm³/mol. The van der Waals surface area contributed by atoms with E-state index in [-0.39, 0.29) is 11.5 Å². The molecule has 0 aliphatic carbocycles. The van der Waals surface area contributed by atoms with Crippen molar-refractivity contribution in [3.8, 4) is 6.07 Å². The van der Waals surface area contributed by atoms with Crippen LogP contribution >= 0.6 is 0 Å². The van der Waals surface area contributed by atoms with Gasteiger partial charge in [0.1, 0.15) is 11.7 Å². The standard InChI is InChI=1S/C12H11FN2O3/c1-7(2)11(6-14)12(16)8-3-9(13)5-10(4-8)15(17)18/h3-5,7,11H,1-2H3. The van der Waals surface area contributed by atoms with E-state index in [0.717, 1.165) is 18.2 Å². The molecule has 94 valence electrons. The molecule has 0 aliphatic heterocycles. The third-order valence-corrected chi connectivity index (χ3v) is 2.47. The second-order valence-electron chi connectivity index (χ2n) is 4.17. The molecule has 0 aromatic heterocycles. The van der Waals surface area contributed by atoms with E-state index in [0.29, 0.717) is 0 Å². The number of hydrogen-bond acceptors (Lipinski definition) is 4. The first kappa shape index (κ1) is 13.8. The van der Waals surface area contributed by atoms with Crippen molar-refractivity contribution in [3.63, 3.8) is 0 Å². The molecule has 0 spiro atoms. The summed E-state index contributed by atoms with van der Waals surface area (Å²) in [5, 5.41) is 19.4. The van der Waals surface area contributed by atoms with Gasteiger partial charge in [-0.15, -0.1) is 0 Å². The van der Waals surface area contributed by atoms with Crippen molar-refractivity contribution < 1.29 is 14.1 Å². The molecule has 1 aromatic rings. The van der Waals surface area contributed by atoms with E-state index in [1.54, 1.807) is 13.8 Å². The maximum atomic E-state index is 13.2. The summed E-state index contributed by atoms with van der Waals surface area (Å²) in [4.78, 5) is 21.7. The third kappa shape index (κ3) is 2.88. The van der Waals surface area contributed by atoms with E-state index < -0.39 is 28.1 Å². The summed E-state index contributed by atoms with van der Waals surface area (Å²) >= 11 is 0. The molecule has 0 heterocycles. The average molecular weight is 250 g/mol. The lowest BCUT2D eigenvalue weighted by Crippen LogP contribution is -2.19. The van der Waals surface area contributed by atoms with Crippen molar-refractivity contribution in [2.45, 2.75) is 13.8 Å². The molecule has 0 aliphatic rings. The normalized spacial score (nSPS) is 11.9. The summed E-state index contributed by atoms with van der Waals surface area (Å²) < 4.78 is 13.2. The highest BCUT2D eigenvalue weighted by Gasteiger charge is 2.25. The molecule has 0 fully saturated rings. The van der Waals surface area contributed by atoms with E-state index in [1.165, 1.54) is 0 Å². The zero-order valence-corrected chi connectivity index (χ0v) is 9.88. The van der Waals surface area contributed by atoms with Crippen molar-refractivity contribution in [2.24, 2.45) is 11.8 Å². The zero-order chi connectivity index (χ0) is 13.9. The number of halogens is 1. The Morgan fingerprint density at radius 3 is 2.50 bits per heavy atom. The van der Waals surface area contributed by atoms with Crippen molar-refractivity contribution in [1.82, 2.24) is 0 Å². The summed E-state index contributed by atoms with van der Waals surface area (Å²) in [6, 6.07) is 4.44. The molecule has 0 amide bonds. The van der Waals surface area contributed by atoms with Crippen molar-refractivity contribution in [3.05, 3.63) is 39.7 Å². The molecular weight excluding hydrogens is 239 g/mol. The van der Waals surface area contributed by atoms with Gasteiger partial charge >= 0.3 is 0 Å². The van der Waals surface area contributed by atoms with Gasteiger partial charge in [-0.25, -0.2) is 4.39 Å². The number of rotatable bonds is 4. The first-order chi connectivity index (χ1) is 8.36. The lowest BCUT2D eigenvalue weighted by molar-refractivity contribution is -0.385. The zero-order valence-electron chi connectivity index (χ0n) is 9.88. The summed E-state index contributed by atoms with van der Waals surface area (Å²) in [5.74, 6) is -2.65. The van der Waals surface area contributed by atoms with Gasteiger partial charge in [0.05, 0.1) is 17.1 Å². The van der Waals surface area contributed by atoms with Crippen molar-refractivity contribution >= 4 is 11.5 Å². The Kier molecular flexibility index (Phi) is 4.10. The van der Waals surface area contributed by atoms with Gasteiger partial charge in [0.15, 0.2) is 5.78 Å². The smallest absolute Gasteiger partial charge is 0.273 e. The molecule has 1 unspecified atom stereocenters. The van der Waals surface area contributed by atoms with Crippen LogP contribution in [-0.2, 0) is 0 Å². The third-order valence-electron chi connectivity index (χ3n) is 2.47. The van der Waals surface area contributed by atoms with Gasteiger partial charge in [-0.1, -0.05) is 13.8 Å². The molecule has 0 radical (unpaired) electrons. The molecule has 1 rings (SSSR count). The average Bonchev–Trinajstić information content (AvgIpc) is 2.28. The molecule has 0 N–H and O–H groups in total. The van der Waals surface area contributed by atoms with Gasteiger partial charge in [-0.2, -0.15) is 5.26 Å². The fraction of sp³-hybridized carbons (Fsp3) is 0.333. The quantitative estimate of drug-likeness (QED) is 0.467. The molecule has 0 bridgehead atoms. The molecule has 1 atom stereocenters. The van der Waals surface area contributed by atoms with Crippen LogP contribution in [0.2, 0.25) is 0 Å². The number of nitro groups is 1. The summed E-state index contributed by atoms with van der Waals surface area (Å²) in [5.41, 5.74) is -0.652. The Morgan fingerprint density at radius 2 is 2.06 bits per heavy atom. The minimum atomic E-state index is -0.939. The number of carbonyl (C=O) groups is 1. The second-order valence-corrected chi connectivity index (χ2v) is 4.17. The van der Waals surface area contributed by atoms with Crippen LogP contribution in [0, 0.1) is 39.1 Å². The number of non-ortho nitro benzene ring substituents is 1. The summed E-state index contributed by atoms with van der Waals surface area (Å²) in [6.07, 6.45) is 0. The highest BCUT2D eigenvalue weighted by Crippen LogP contribution is 2.21. The highest BCUT2D eigenvalue weighted by atomic mass is 19.1. The lowest BCUT2D eigenvalue weighted by atomic mass is 9.89. The molecule has 5 nitrogen and oxygen atoms in total. The molecule has 0 saturated heterocycles. The number of nitriles is 1. The number of ketones is 1. The van der Waals surface area contributed by atoms with E-state index in [2.05, 4.69) is 0 Å². The van der Waals surface area contributed by atoms with E-state index in [4.69, 9.17) is 5.26 Å². The molecule has 0 saturated carbocycles. The predicted octanol–water partition coefficient (Wildman–Crippen LogP) is 2.71.